The lowest BCUT2D eigenvalue weighted by atomic mass is 10.1. The van der Waals surface area contributed by atoms with Crippen LogP contribution < -0.4 is 10.4 Å². The second-order valence-electron chi connectivity index (χ2n) is 6.06. The Bertz CT molecular complexity index is 1100. The SMILES string of the molecule is Cc1cc(=O)oc2cc(OCc3ccccc3Cn3cncn3)ccc12. The van der Waals surface area contributed by atoms with Crippen LogP contribution in [-0.2, 0) is 13.2 Å². The van der Waals surface area contributed by atoms with Crippen LogP contribution in [-0.4, -0.2) is 14.8 Å². The summed E-state index contributed by atoms with van der Waals surface area (Å²) < 4.78 is 13.0. The Hall–Kier alpha value is -3.41. The minimum absolute atomic E-state index is 0.356. The average molecular weight is 347 g/mol. The lowest BCUT2D eigenvalue weighted by Crippen LogP contribution is -2.06. The maximum absolute atomic E-state index is 11.6. The van der Waals surface area contributed by atoms with E-state index < -0.39 is 0 Å². The molecule has 0 aliphatic heterocycles. The minimum Gasteiger partial charge on any atom is -0.489 e. The molecule has 130 valence electrons. The third-order valence-electron chi connectivity index (χ3n) is 4.23. The molecule has 2 aromatic heterocycles. The van der Waals surface area contributed by atoms with Gasteiger partial charge in [-0.2, -0.15) is 5.10 Å². The number of aromatic nitrogens is 3. The zero-order chi connectivity index (χ0) is 17.9. The summed E-state index contributed by atoms with van der Waals surface area (Å²) in [5, 5.41) is 5.05. The molecule has 26 heavy (non-hydrogen) atoms. The number of aryl methyl sites for hydroxylation is 1. The van der Waals surface area contributed by atoms with Crippen LogP contribution in [0.25, 0.3) is 11.0 Å². The van der Waals surface area contributed by atoms with Crippen molar-refractivity contribution in [2.24, 2.45) is 0 Å². The Morgan fingerprint density at radius 2 is 1.96 bits per heavy atom. The van der Waals surface area contributed by atoms with Crippen molar-refractivity contribution in [3.05, 3.63) is 88.3 Å². The number of benzene rings is 2. The Morgan fingerprint density at radius 3 is 2.77 bits per heavy atom. The summed E-state index contributed by atoms with van der Waals surface area (Å²) in [6.07, 6.45) is 3.20. The smallest absolute Gasteiger partial charge is 0.336 e. The molecule has 4 rings (SSSR count). The highest BCUT2D eigenvalue weighted by Gasteiger charge is 2.07. The van der Waals surface area contributed by atoms with Gasteiger partial charge in [-0.3, -0.25) is 0 Å². The van der Waals surface area contributed by atoms with Crippen LogP contribution in [0, 0.1) is 6.92 Å². The molecular weight excluding hydrogens is 330 g/mol. The number of nitrogens with zero attached hydrogens (tertiary/aromatic N) is 3. The molecule has 0 saturated carbocycles. The van der Waals surface area contributed by atoms with Crippen molar-refractivity contribution in [3.8, 4) is 5.75 Å². The first-order chi connectivity index (χ1) is 12.7. The fraction of sp³-hybridized carbons (Fsp3) is 0.150. The number of hydrogen-bond donors (Lipinski definition) is 0. The molecule has 0 atom stereocenters. The number of ether oxygens (including phenoxy) is 1. The van der Waals surface area contributed by atoms with E-state index in [2.05, 4.69) is 10.1 Å². The van der Waals surface area contributed by atoms with Gasteiger partial charge in [0.25, 0.3) is 0 Å². The van der Waals surface area contributed by atoms with E-state index in [4.69, 9.17) is 9.15 Å². The van der Waals surface area contributed by atoms with Crippen LogP contribution in [0.3, 0.4) is 0 Å². The minimum atomic E-state index is -0.356. The highest BCUT2D eigenvalue weighted by atomic mass is 16.5. The van der Waals surface area contributed by atoms with Crippen molar-refractivity contribution in [2.75, 3.05) is 0 Å². The van der Waals surface area contributed by atoms with Gasteiger partial charge in [0.2, 0.25) is 0 Å². The van der Waals surface area contributed by atoms with Gasteiger partial charge in [-0.15, -0.1) is 0 Å². The summed E-state index contributed by atoms with van der Waals surface area (Å²) in [4.78, 5) is 15.5. The Balaban J connectivity index is 1.56. The van der Waals surface area contributed by atoms with Crippen LogP contribution in [0.5, 0.6) is 5.75 Å². The summed E-state index contributed by atoms with van der Waals surface area (Å²) >= 11 is 0. The molecule has 0 radical (unpaired) electrons. The van der Waals surface area contributed by atoms with Crippen LogP contribution >= 0.6 is 0 Å². The van der Waals surface area contributed by atoms with Crippen LogP contribution in [0.2, 0.25) is 0 Å². The first-order valence-electron chi connectivity index (χ1n) is 8.25. The topological polar surface area (TPSA) is 70.2 Å². The maximum atomic E-state index is 11.6. The third kappa shape index (κ3) is 3.35. The highest BCUT2D eigenvalue weighted by molar-refractivity contribution is 5.81. The van der Waals surface area contributed by atoms with Gasteiger partial charge in [-0.05, 0) is 35.7 Å². The maximum Gasteiger partial charge on any atom is 0.336 e. The van der Waals surface area contributed by atoms with Crippen molar-refractivity contribution >= 4 is 11.0 Å². The van der Waals surface area contributed by atoms with E-state index in [0.29, 0.717) is 24.5 Å². The molecule has 6 heteroatoms. The van der Waals surface area contributed by atoms with Gasteiger partial charge in [-0.1, -0.05) is 24.3 Å². The van der Waals surface area contributed by atoms with Gasteiger partial charge in [0, 0.05) is 17.5 Å². The van der Waals surface area contributed by atoms with E-state index in [0.717, 1.165) is 22.1 Å². The molecule has 0 fully saturated rings. The van der Waals surface area contributed by atoms with E-state index in [9.17, 15) is 4.79 Å². The van der Waals surface area contributed by atoms with E-state index in [1.165, 1.54) is 12.4 Å². The first kappa shape index (κ1) is 16.1. The first-order valence-corrected chi connectivity index (χ1v) is 8.25. The van der Waals surface area contributed by atoms with E-state index in [1.807, 2.05) is 43.3 Å². The van der Waals surface area contributed by atoms with Gasteiger partial charge in [-0.25, -0.2) is 14.5 Å². The van der Waals surface area contributed by atoms with Gasteiger partial charge in [0.05, 0.1) is 6.54 Å². The van der Waals surface area contributed by atoms with Crippen molar-refractivity contribution in [3.63, 3.8) is 0 Å². The molecule has 4 aromatic rings. The molecule has 0 N–H and O–H groups in total. The normalized spacial score (nSPS) is 11.0. The Kier molecular flexibility index (Phi) is 4.23. The fourth-order valence-electron chi connectivity index (χ4n) is 2.90. The van der Waals surface area contributed by atoms with E-state index >= 15 is 0 Å². The fourth-order valence-corrected chi connectivity index (χ4v) is 2.90. The summed E-state index contributed by atoms with van der Waals surface area (Å²) in [5.41, 5.74) is 3.24. The molecule has 0 aliphatic rings. The van der Waals surface area contributed by atoms with Crippen LogP contribution in [0.1, 0.15) is 16.7 Å². The Morgan fingerprint density at radius 1 is 1.12 bits per heavy atom. The summed E-state index contributed by atoms with van der Waals surface area (Å²) in [5.74, 6) is 0.654. The molecule has 2 heterocycles. The average Bonchev–Trinajstić information content (AvgIpc) is 3.13. The van der Waals surface area contributed by atoms with E-state index in [-0.39, 0.29) is 5.63 Å². The number of fused-ring (bicyclic) bond motifs is 1. The molecule has 2 aromatic carbocycles. The zero-order valence-electron chi connectivity index (χ0n) is 14.3. The van der Waals surface area contributed by atoms with Gasteiger partial charge < -0.3 is 9.15 Å². The molecule has 0 amide bonds. The van der Waals surface area contributed by atoms with Crippen molar-refractivity contribution < 1.29 is 9.15 Å². The third-order valence-corrected chi connectivity index (χ3v) is 4.23. The molecule has 0 aliphatic carbocycles. The zero-order valence-corrected chi connectivity index (χ0v) is 14.3. The lowest BCUT2D eigenvalue weighted by molar-refractivity contribution is 0.304. The Labute approximate surface area is 149 Å². The van der Waals surface area contributed by atoms with E-state index in [1.54, 1.807) is 17.1 Å². The van der Waals surface area contributed by atoms with Crippen molar-refractivity contribution in [1.82, 2.24) is 14.8 Å². The second kappa shape index (κ2) is 6.84. The monoisotopic (exact) mass is 347 g/mol. The largest absolute Gasteiger partial charge is 0.489 e. The quantitative estimate of drug-likeness (QED) is 0.518. The standard InChI is InChI=1S/C20H17N3O3/c1-14-8-20(24)26-19-9-17(6-7-18(14)19)25-11-16-5-3-2-4-15(16)10-23-13-21-12-22-23/h2-9,12-13H,10-11H2,1H3. The number of hydrogen-bond acceptors (Lipinski definition) is 5. The lowest BCUT2D eigenvalue weighted by Gasteiger charge is -2.11. The molecule has 0 spiro atoms. The number of rotatable bonds is 5. The van der Waals surface area contributed by atoms with Crippen molar-refractivity contribution in [2.45, 2.75) is 20.1 Å². The highest BCUT2D eigenvalue weighted by Crippen LogP contribution is 2.23. The van der Waals surface area contributed by atoms with Gasteiger partial charge >= 0.3 is 5.63 Å². The molecule has 0 saturated heterocycles. The van der Waals surface area contributed by atoms with Gasteiger partial charge in [0.15, 0.2) is 0 Å². The molecule has 0 unspecified atom stereocenters. The molecular formula is C20H17N3O3. The summed E-state index contributed by atoms with van der Waals surface area (Å²) in [7, 11) is 0. The summed E-state index contributed by atoms with van der Waals surface area (Å²) in [6, 6.07) is 15.1. The predicted molar refractivity (Wildman–Crippen MR) is 97.1 cm³/mol. The van der Waals surface area contributed by atoms with Gasteiger partial charge in [0.1, 0.15) is 30.6 Å². The van der Waals surface area contributed by atoms with Crippen molar-refractivity contribution in [1.29, 1.82) is 0 Å². The molecule has 6 nitrogen and oxygen atoms in total. The van der Waals surface area contributed by atoms with Crippen LogP contribution in [0.15, 0.2) is 70.4 Å². The molecule has 0 bridgehead atoms. The second-order valence-corrected chi connectivity index (χ2v) is 6.06. The predicted octanol–water partition coefficient (Wildman–Crippen LogP) is 3.32. The summed E-state index contributed by atoms with van der Waals surface area (Å²) in [6.45, 7) is 2.93. The van der Waals surface area contributed by atoms with Crippen LogP contribution in [0.4, 0.5) is 0 Å².